The van der Waals surface area contributed by atoms with Crippen LogP contribution in [-0.4, -0.2) is 24.3 Å². The van der Waals surface area contributed by atoms with Crippen molar-refractivity contribution in [3.63, 3.8) is 0 Å². The number of carbonyl (C=O) groups excluding carboxylic acids is 1. The molecule has 1 aliphatic heterocycles. The topological polar surface area (TPSA) is 69.9 Å². The smallest absolute Gasteiger partial charge is 0.338 e. The summed E-state index contributed by atoms with van der Waals surface area (Å²) in [5, 5.41) is 1.95. The van der Waals surface area contributed by atoms with Crippen LogP contribution >= 0.6 is 67.9 Å². The van der Waals surface area contributed by atoms with E-state index in [1.807, 2.05) is 42.6 Å². The van der Waals surface area contributed by atoms with Gasteiger partial charge >= 0.3 is 5.97 Å². The number of fused-ring (bicyclic) bond motifs is 1. The molecule has 0 unspecified atom stereocenters. The number of thiazole rings is 1. The Labute approximate surface area is 232 Å². The highest BCUT2D eigenvalue weighted by atomic mass is 127. The first kappa shape index (κ1) is 25.6. The second-order valence-corrected chi connectivity index (χ2v) is 11.8. The van der Waals surface area contributed by atoms with E-state index in [2.05, 4.69) is 45.2 Å². The molecule has 0 bridgehead atoms. The second kappa shape index (κ2) is 11.0. The molecule has 0 fully saturated rings. The summed E-state index contributed by atoms with van der Waals surface area (Å²) < 4.78 is 15.2. The number of methoxy groups -OCH3 is 1. The van der Waals surface area contributed by atoms with Crippen molar-refractivity contribution in [1.29, 1.82) is 0 Å². The highest BCUT2D eigenvalue weighted by Crippen LogP contribution is 2.35. The molecule has 10 heteroatoms. The first-order chi connectivity index (χ1) is 16.4. The molecule has 0 radical (unpaired) electrons. The number of nitrogens with zero attached hydrogens (tertiary/aromatic N) is 2. The first-order valence-corrected chi connectivity index (χ1v) is 14.5. The Hall–Kier alpha value is -1.51. The molecule has 1 atom stereocenters. The fourth-order valence-corrected chi connectivity index (χ4v) is 7.83. The molecule has 2 aromatic heterocycles. The summed E-state index contributed by atoms with van der Waals surface area (Å²) in [4.78, 5) is 33.1. The van der Waals surface area contributed by atoms with E-state index in [-0.39, 0.29) is 12.2 Å². The molecule has 3 aromatic rings. The molecule has 6 nitrogen and oxygen atoms in total. The van der Waals surface area contributed by atoms with Crippen LogP contribution < -0.4 is 19.6 Å². The van der Waals surface area contributed by atoms with Gasteiger partial charge in [0, 0.05) is 14.0 Å². The maximum atomic E-state index is 13.8. The molecule has 3 heterocycles. The van der Waals surface area contributed by atoms with Crippen molar-refractivity contribution >= 4 is 79.9 Å². The summed E-state index contributed by atoms with van der Waals surface area (Å²) in [6.45, 7) is 4.09. The Morgan fingerprint density at radius 1 is 1.29 bits per heavy atom. The van der Waals surface area contributed by atoms with Crippen LogP contribution in [0.2, 0.25) is 0 Å². The van der Waals surface area contributed by atoms with Crippen molar-refractivity contribution in [3.8, 4) is 5.75 Å². The molecule has 0 N–H and O–H groups in total. The third-order valence-electron chi connectivity index (χ3n) is 5.23. The number of allylic oxidation sites excluding steroid dienone is 1. The summed E-state index contributed by atoms with van der Waals surface area (Å²) >= 11 is 7.34. The van der Waals surface area contributed by atoms with E-state index in [1.165, 1.54) is 22.7 Å². The van der Waals surface area contributed by atoms with Gasteiger partial charge in [-0.25, -0.2) is 9.79 Å². The molecule has 4 rings (SSSR count). The van der Waals surface area contributed by atoms with Crippen LogP contribution in [0.1, 0.15) is 43.2 Å². The van der Waals surface area contributed by atoms with Crippen LogP contribution in [0, 0.1) is 7.14 Å². The van der Waals surface area contributed by atoms with Gasteiger partial charge in [0.2, 0.25) is 0 Å². The second-order valence-electron chi connectivity index (χ2n) is 7.44. The van der Waals surface area contributed by atoms with Gasteiger partial charge in [0.1, 0.15) is 11.8 Å². The molecule has 178 valence electrons. The number of carbonyl (C=O) groups is 1. The van der Waals surface area contributed by atoms with Gasteiger partial charge in [-0.05, 0) is 88.2 Å². The minimum atomic E-state index is -0.558. The average Bonchev–Trinajstić information content (AvgIpc) is 3.42. The fraction of sp³-hybridized carbons (Fsp3) is 0.292. The molecule has 1 aliphatic rings. The molecule has 0 spiro atoms. The third-order valence-corrected chi connectivity index (χ3v) is 8.56. The van der Waals surface area contributed by atoms with Gasteiger partial charge in [-0.1, -0.05) is 30.7 Å². The van der Waals surface area contributed by atoms with Gasteiger partial charge < -0.3 is 9.47 Å². The van der Waals surface area contributed by atoms with Crippen LogP contribution in [0.3, 0.4) is 0 Å². The van der Waals surface area contributed by atoms with Gasteiger partial charge in [-0.15, -0.1) is 11.3 Å². The van der Waals surface area contributed by atoms with E-state index in [9.17, 15) is 9.59 Å². The van der Waals surface area contributed by atoms with Crippen molar-refractivity contribution in [2.24, 2.45) is 4.99 Å². The van der Waals surface area contributed by atoms with Crippen LogP contribution in [0.25, 0.3) is 6.08 Å². The van der Waals surface area contributed by atoms with Crippen molar-refractivity contribution in [2.75, 3.05) is 13.7 Å². The standard InChI is InChI=1S/C24H22I2N2O4S2/c1-4-7-16-19(23(30)32-5-2)20(17-8-6-9-33-17)28-22(29)18(34-24(28)27-16)11-13-10-14(25)12-15(26)21(13)31-3/h6,8-12,20H,4-5,7H2,1-3H3/b18-11-/t20-/m0/s1. The number of ether oxygens (including phenoxy) is 2. The molecule has 0 amide bonds. The van der Waals surface area contributed by atoms with E-state index >= 15 is 0 Å². The van der Waals surface area contributed by atoms with Gasteiger partial charge in [-0.3, -0.25) is 9.36 Å². The van der Waals surface area contributed by atoms with E-state index < -0.39 is 12.0 Å². The number of rotatable bonds is 7. The minimum Gasteiger partial charge on any atom is -0.495 e. The zero-order valence-corrected chi connectivity index (χ0v) is 24.7. The molecule has 0 saturated carbocycles. The predicted molar refractivity (Wildman–Crippen MR) is 152 cm³/mol. The summed E-state index contributed by atoms with van der Waals surface area (Å²) in [5.41, 5.74) is 1.78. The SMILES string of the molecule is CCCC1=C(C(=O)OCC)[C@H](c2cccs2)n2c(s/c(=C\c3cc(I)cc(I)c3OC)c2=O)=N1. The zero-order valence-electron chi connectivity index (χ0n) is 18.8. The largest absolute Gasteiger partial charge is 0.495 e. The summed E-state index contributed by atoms with van der Waals surface area (Å²) in [7, 11) is 1.63. The quantitative estimate of drug-likeness (QED) is 0.259. The average molecular weight is 720 g/mol. The zero-order chi connectivity index (χ0) is 24.4. The Bertz CT molecular complexity index is 1440. The molecular weight excluding hydrogens is 698 g/mol. The van der Waals surface area contributed by atoms with Crippen molar-refractivity contribution < 1.29 is 14.3 Å². The van der Waals surface area contributed by atoms with Crippen molar-refractivity contribution in [1.82, 2.24) is 4.57 Å². The van der Waals surface area contributed by atoms with Crippen LogP contribution in [0.15, 0.2) is 50.7 Å². The number of hydrogen-bond acceptors (Lipinski definition) is 7. The lowest BCUT2D eigenvalue weighted by atomic mass is 9.99. The Morgan fingerprint density at radius 2 is 2.09 bits per heavy atom. The number of esters is 1. The number of halogens is 2. The molecule has 0 saturated heterocycles. The summed E-state index contributed by atoms with van der Waals surface area (Å²) in [5.74, 6) is 0.303. The summed E-state index contributed by atoms with van der Waals surface area (Å²) in [6.07, 6.45) is 3.31. The normalized spacial score (nSPS) is 15.8. The highest BCUT2D eigenvalue weighted by Gasteiger charge is 2.34. The molecule has 34 heavy (non-hydrogen) atoms. The van der Waals surface area contributed by atoms with Crippen molar-refractivity contribution in [3.05, 3.63) is 78.2 Å². The van der Waals surface area contributed by atoms with E-state index in [0.717, 1.165) is 29.8 Å². The highest BCUT2D eigenvalue weighted by molar-refractivity contribution is 14.1. The minimum absolute atomic E-state index is 0.185. The van der Waals surface area contributed by atoms with Crippen LogP contribution in [0.4, 0.5) is 0 Å². The number of thiophene rings is 1. The molecule has 0 aliphatic carbocycles. The fourth-order valence-electron chi connectivity index (χ4n) is 3.88. The third kappa shape index (κ3) is 4.91. The summed E-state index contributed by atoms with van der Waals surface area (Å²) in [6, 6.07) is 7.33. The maximum Gasteiger partial charge on any atom is 0.338 e. The van der Waals surface area contributed by atoms with Crippen LogP contribution in [0.5, 0.6) is 5.75 Å². The van der Waals surface area contributed by atoms with Gasteiger partial charge in [-0.2, -0.15) is 0 Å². The first-order valence-electron chi connectivity index (χ1n) is 10.7. The van der Waals surface area contributed by atoms with E-state index in [4.69, 9.17) is 14.5 Å². The Morgan fingerprint density at radius 3 is 2.74 bits per heavy atom. The monoisotopic (exact) mass is 720 g/mol. The van der Waals surface area contributed by atoms with Crippen molar-refractivity contribution in [2.45, 2.75) is 32.7 Å². The predicted octanol–water partition coefficient (Wildman–Crippen LogP) is 4.86. The maximum absolute atomic E-state index is 13.8. The Kier molecular flexibility index (Phi) is 8.31. The van der Waals surface area contributed by atoms with Crippen LogP contribution in [-0.2, 0) is 9.53 Å². The molecule has 1 aromatic carbocycles. The molecular formula is C24H22I2N2O4S2. The van der Waals surface area contributed by atoms with E-state index in [1.54, 1.807) is 18.6 Å². The number of aromatic nitrogens is 1. The van der Waals surface area contributed by atoms with Gasteiger partial charge in [0.05, 0.1) is 33.1 Å². The lowest BCUT2D eigenvalue weighted by Gasteiger charge is -2.24. The van der Waals surface area contributed by atoms with Gasteiger partial charge in [0.15, 0.2) is 4.80 Å². The Balaban J connectivity index is 2.00. The number of hydrogen-bond donors (Lipinski definition) is 0. The van der Waals surface area contributed by atoms with E-state index in [0.29, 0.717) is 27.0 Å². The lowest BCUT2D eigenvalue weighted by molar-refractivity contribution is -0.139. The van der Waals surface area contributed by atoms with Gasteiger partial charge in [0.25, 0.3) is 5.56 Å². The number of benzene rings is 1. The lowest BCUT2D eigenvalue weighted by Crippen LogP contribution is -2.39.